The van der Waals surface area contributed by atoms with Crippen LogP contribution in [0.15, 0.2) is 0 Å². The van der Waals surface area contributed by atoms with Crippen molar-refractivity contribution in [1.29, 1.82) is 0 Å². The van der Waals surface area contributed by atoms with Crippen LogP contribution < -0.4 is 0 Å². The number of rotatable bonds is 4. The lowest BCUT2D eigenvalue weighted by atomic mass is 10.0. The normalized spacial score (nSPS) is 14.0. The van der Waals surface area contributed by atoms with E-state index in [1.165, 1.54) is 7.05 Å². The Morgan fingerprint density at radius 2 is 2.00 bits per heavy atom. The fourth-order valence-electron chi connectivity index (χ4n) is 0.860. The van der Waals surface area contributed by atoms with E-state index >= 15 is 0 Å². The Bertz CT molecular complexity index is 134. The van der Waals surface area contributed by atoms with Gasteiger partial charge in [-0.3, -0.25) is 4.79 Å². The molecule has 2 N–H and O–H groups in total. The number of hydrogen-bond donors (Lipinski definition) is 2. The lowest BCUT2D eigenvalue weighted by Gasteiger charge is -2.19. The Balaban J connectivity index is 4.01. The van der Waals surface area contributed by atoms with Crippen molar-refractivity contribution in [3.8, 4) is 0 Å². The molecule has 0 saturated heterocycles. The van der Waals surface area contributed by atoms with E-state index in [1.54, 1.807) is 0 Å². The summed E-state index contributed by atoms with van der Waals surface area (Å²) in [4.78, 5) is 10.5. The first-order valence-electron chi connectivity index (χ1n) is 3.59. The number of hydrogen-bond acceptors (Lipinski definition) is 3. The predicted octanol–water partition coefficient (Wildman–Crippen LogP) is 0.807. The first-order valence-corrected chi connectivity index (χ1v) is 3.59. The largest absolute Gasteiger partial charge is 0.480 e. The smallest absolute Gasteiger partial charge is 0.323 e. The van der Waals surface area contributed by atoms with E-state index in [0.717, 1.165) is 5.06 Å². The zero-order valence-electron chi connectivity index (χ0n) is 7.11. The number of aliphatic carboxylic acids is 1. The van der Waals surface area contributed by atoms with E-state index in [9.17, 15) is 4.79 Å². The number of carbonyl (C=O) groups is 1. The van der Waals surface area contributed by atoms with Crippen LogP contribution in [0.25, 0.3) is 0 Å². The van der Waals surface area contributed by atoms with E-state index in [2.05, 4.69) is 0 Å². The Morgan fingerprint density at radius 3 is 2.09 bits per heavy atom. The molecule has 0 heterocycles. The maximum absolute atomic E-state index is 10.5. The van der Waals surface area contributed by atoms with Crippen LogP contribution in [0.3, 0.4) is 0 Å². The summed E-state index contributed by atoms with van der Waals surface area (Å²) < 4.78 is 0. The molecule has 0 radical (unpaired) electrons. The van der Waals surface area contributed by atoms with Crippen LogP contribution in [0.4, 0.5) is 0 Å². The lowest BCUT2D eigenvalue weighted by Crippen LogP contribution is -2.37. The highest BCUT2D eigenvalue weighted by Gasteiger charge is 2.21. The first-order chi connectivity index (χ1) is 4.95. The van der Waals surface area contributed by atoms with Gasteiger partial charge in [0.25, 0.3) is 0 Å². The van der Waals surface area contributed by atoms with Crippen molar-refractivity contribution in [3.63, 3.8) is 0 Å². The summed E-state index contributed by atoms with van der Waals surface area (Å²) in [5, 5.41) is 18.2. The lowest BCUT2D eigenvalue weighted by molar-refractivity contribution is -0.164. The number of hydroxylamine groups is 2. The van der Waals surface area contributed by atoms with Crippen molar-refractivity contribution in [2.24, 2.45) is 5.92 Å². The van der Waals surface area contributed by atoms with Gasteiger partial charge in [-0.25, -0.2) is 0 Å². The third-order valence-corrected chi connectivity index (χ3v) is 1.43. The molecule has 0 aliphatic heterocycles. The van der Waals surface area contributed by atoms with Gasteiger partial charge in [0.2, 0.25) is 0 Å². The van der Waals surface area contributed by atoms with Crippen molar-refractivity contribution in [2.75, 3.05) is 7.05 Å². The SMILES string of the molecule is CC(C)CC(C(=O)O)N(C)O. The third-order valence-electron chi connectivity index (χ3n) is 1.43. The van der Waals surface area contributed by atoms with Gasteiger partial charge in [0.1, 0.15) is 6.04 Å². The second kappa shape index (κ2) is 4.31. The number of carboxylic acid groups (broad SMARTS) is 1. The quantitative estimate of drug-likeness (QED) is 0.599. The minimum Gasteiger partial charge on any atom is -0.480 e. The van der Waals surface area contributed by atoms with Crippen LogP contribution in [0, 0.1) is 5.92 Å². The Labute approximate surface area is 66.4 Å². The molecule has 0 rings (SSSR count). The predicted molar refractivity (Wildman–Crippen MR) is 40.4 cm³/mol. The zero-order chi connectivity index (χ0) is 9.02. The molecule has 1 atom stereocenters. The molecule has 0 saturated carbocycles. The van der Waals surface area contributed by atoms with Crippen LogP contribution in [-0.4, -0.2) is 34.4 Å². The molecule has 0 amide bonds. The van der Waals surface area contributed by atoms with E-state index in [-0.39, 0.29) is 5.92 Å². The molecule has 0 aliphatic carbocycles. The van der Waals surface area contributed by atoms with Gasteiger partial charge in [0, 0.05) is 7.05 Å². The fraction of sp³-hybridized carbons (Fsp3) is 0.857. The summed E-state index contributed by atoms with van der Waals surface area (Å²) in [6, 6.07) is -0.782. The van der Waals surface area contributed by atoms with Crippen molar-refractivity contribution in [2.45, 2.75) is 26.3 Å². The molecule has 0 spiro atoms. The van der Waals surface area contributed by atoms with Gasteiger partial charge < -0.3 is 10.3 Å². The van der Waals surface area contributed by atoms with Gasteiger partial charge >= 0.3 is 5.97 Å². The van der Waals surface area contributed by atoms with Crippen LogP contribution in [0.2, 0.25) is 0 Å². The van der Waals surface area contributed by atoms with Gasteiger partial charge in [-0.15, -0.1) is 0 Å². The van der Waals surface area contributed by atoms with Gasteiger partial charge in [-0.2, -0.15) is 5.06 Å². The average Bonchev–Trinajstić information content (AvgIpc) is 1.81. The fourth-order valence-corrected chi connectivity index (χ4v) is 0.860. The number of likely N-dealkylation sites (N-methyl/N-ethyl adjacent to an activating group) is 1. The monoisotopic (exact) mass is 161 g/mol. The second-order valence-electron chi connectivity index (χ2n) is 3.06. The number of nitrogens with zero attached hydrogens (tertiary/aromatic N) is 1. The highest BCUT2D eigenvalue weighted by molar-refractivity contribution is 5.73. The van der Waals surface area contributed by atoms with Gasteiger partial charge in [-0.1, -0.05) is 13.8 Å². The van der Waals surface area contributed by atoms with Crippen LogP contribution in [-0.2, 0) is 4.79 Å². The zero-order valence-corrected chi connectivity index (χ0v) is 7.11. The first kappa shape index (κ1) is 10.4. The molecular formula is C7H15NO3. The third kappa shape index (κ3) is 3.95. The topological polar surface area (TPSA) is 60.8 Å². The number of carboxylic acids is 1. The molecule has 4 nitrogen and oxygen atoms in total. The highest BCUT2D eigenvalue weighted by atomic mass is 16.5. The van der Waals surface area contributed by atoms with Gasteiger partial charge in [-0.05, 0) is 12.3 Å². The summed E-state index contributed by atoms with van der Waals surface area (Å²) in [6.07, 6.45) is 0.461. The minimum absolute atomic E-state index is 0.269. The summed E-state index contributed by atoms with van der Waals surface area (Å²) in [5.41, 5.74) is 0. The molecule has 0 aromatic heterocycles. The summed E-state index contributed by atoms with van der Waals surface area (Å²) >= 11 is 0. The summed E-state index contributed by atoms with van der Waals surface area (Å²) in [5.74, 6) is -0.714. The second-order valence-corrected chi connectivity index (χ2v) is 3.06. The molecule has 0 aliphatic rings. The molecule has 66 valence electrons. The molecule has 4 heteroatoms. The van der Waals surface area contributed by atoms with Crippen molar-refractivity contribution >= 4 is 5.97 Å². The molecule has 0 aromatic carbocycles. The van der Waals surface area contributed by atoms with Crippen LogP contribution in [0.1, 0.15) is 20.3 Å². The van der Waals surface area contributed by atoms with Crippen molar-refractivity contribution in [3.05, 3.63) is 0 Å². The standard InChI is InChI=1S/C7H15NO3/c1-5(2)4-6(7(9)10)8(3)11/h5-6,11H,4H2,1-3H3,(H,9,10). The Morgan fingerprint density at radius 1 is 1.55 bits per heavy atom. The molecule has 0 fully saturated rings. The van der Waals surface area contributed by atoms with Gasteiger partial charge in [0.15, 0.2) is 0 Å². The Hall–Kier alpha value is -0.610. The molecular weight excluding hydrogens is 146 g/mol. The maximum Gasteiger partial charge on any atom is 0.323 e. The van der Waals surface area contributed by atoms with Gasteiger partial charge in [0.05, 0.1) is 0 Å². The van der Waals surface area contributed by atoms with Crippen molar-refractivity contribution in [1.82, 2.24) is 5.06 Å². The summed E-state index contributed by atoms with van der Waals surface area (Å²) in [6.45, 7) is 3.83. The maximum atomic E-state index is 10.5. The van der Waals surface area contributed by atoms with E-state index in [1.807, 2.05) is 13.8 Å². The van der Waals surface area contributed by atoms with E-state index < -0.39 is 12.0 Å². The van der Waals surface area contributed by atoms with E-state index in [0.29, 0.717) is 6.42 Å². The Kier molecular flexibility index (Phi) is 4.07. The van der Waals surface area contributed by atoms with E-state index in [4.69, 9.17) is 10.3 Å². The van der Waals surface area contributed by atoms with Crippen LogP contribution >= 0.6 is 0 Å². The van der Waals surface area contributed by atoms with Crippen LogP contribution in [0.5, 0.6) is 0 Å². The average molecular weight is 161 g/mol. The van der Waals surface area contributed by atoms with Crippen molar-refractivity contribution < 1.29 is 15.1 Å². The highest BCUT2D eigenvalue weighted by Crippen LogP contribution is 2.08. The molecule has 11 heavy (non-hydrogen) atoms. The molecule has 1 unspecified atom stereocenters. The minimum atomic E-state index is -0.983. The molecule has 0 bridgehead atoms. The molecule has 0 aromatic rings. The summed E-state index contributed by atoms with van der Waals surface area (Å²) in [7, 11) is 1.35.